The van der Waals surface area contributed by atoms with Crippen LogP contribution in [0.15, 0.2) is 30.9 Å². The fourth-order valence-corrected chi connectivity index (χ4v) is 3.72. The van der Waals surface area contributed by atoms with Crippen LogP contribution in [0.2, 0.25) is 0 Å². The fourth-order valence-electron chi connectivity index (χ4n) is 2.96. The van der Waals surface area contributed by atoms with Crippen LogP contribution in [0.5, 0.6) is 0 Å². The highest BCUT2D eigenvalue weighted by molar-refractivity contribution is 7.18. The van der Waals surface area contributed by atoms with E-state index in [4.69, 9.17) is 4.74 Å². The lowest BCUT2D eigenvalue weighted by molar-refractivity contribution is 0.182. The molecule has 3 aromatic rings. The summed E-state index contributed by atoms with van der Waals surface area (Å²) in [5.74, 6) is 1.17. The molecular weight excluding hydrogens is 310 g/mol. The average Bonchev–Trinajstić information content (AvgIpc) is 3.22. The Morgan fingerprint density at radius 3 is 3.13 bits per heavy atom. The van der Waals surface area contributed by atoms with Crippen LogP contribution in [0, 0.1) is 12.8 Å². The van der Waals surface area contributed by atoms with Crippen LogP contribution in [0.1, 0.15) is 23.0 Å². The van der Waals surface area contributed by atoms with Gasteiger partial charge in [-0.05, 0) is 25.0 Å². The SMILES string of the molecule is Cc1nc2c(NC(c3cccnc3)C3CCOC3)ncnc2s1. The van der Waals surface area contributed by atoms with Gasteiger partial charge in [-0.25, -0.2) is 15.0 Å². The summed E-state index contributed by atoms with van der Waals surface area (Å²) in [4.78, 5) is 18.5. The van der Waals surface area contributed by atoms with E-state index in [0.717, 1.165) is 46.4 Å². The lowest BCUT2D eigenvalue weighted by Crippen LogP contribution is -2.22. The van der Waals surface area contributed by atoms with Crippen molar-refractivity contribution in [3.63, 3.8) is 0 Å². The van der Waals surface area contributed by atoms with Gasteiger partial charge in [0, 0.05) is 24.9 Å². The molecule has 0 spiro atoms. The third kappa shape index (κ3) is 2.89. The Labute approximate surface area is 138 Å². The van der Waals surface area contributed by atoms with E-state index in [-0.39, 0.29) is 6.04 Å². The summed E-state index contributed by atoms with van der Waals surface area (Å²) in [5, 5.41) is 4.56. The maximum atomic E-state index is 5.58. The highest BCUT2D eigenvalue weighted by Gasteiger charge is 2.28. The van der Waals surface area contributed by atoms with Crippen molar-refractivity contribution in [2.45, 2.75) is 19.4 Å². The summed E-state index contributed by atoms with van der Waals surface area (Å²) < 4.78 is 5.58. The molecule has 4 rings (SSSR count). The zero-order valence-electron chi connectivity index (χ0n) is 12.8. The summed E-state index contributed by atoms with van der Waals surface area (Å²) >= 11 is 1.58. The quantitative estimate of drug-likeness (QED) is 0.794. The van der Waals surface area contributed by atoms with Crippen LogP contribution in [0.25, 0.3) is 10.3 Å². The maximum Gasteiger partial charge on any atom is 0.157 e. The Kier molecular flexibility index (Phi) is 3.88. The van der Waals surface area contributed by atoms with Gasteiger partial charge in [0.25, 0.3) is 0 Å². The molecule has 23 heavy (non-hydrogen) atoms. The number of nitrogens with zero attached hydrogens (tertiary/aromatic N) is 4. The molecule has 118 valence electrons. The van der Waals surface area contributed by atoms with Gasteiger partial charge in [-0.2, -0.15) is 0 Å². The predicted molar refractivity (Wildman–Crippen MR) is 89.5 cm³/mol. The molecule has 0 aromatic carbocycles. The molecular formula is C16H17N5OS. The summed E-state index contributed by atoms with van der Waals surface area (Å²) in [6.07, 6.45) is 6.31. The Bertz CT molecular complexity index is 801. The zero-order valence-corrected chi connectivity index (χ0v) is 13.6. The first kappa shape index (κ1) is 14.5. The van der Waals surface area contributed by atoms with Crippen LogP contribution in [0.4, 0.5) is 5.82 Å². The van der Waals surface area contributed by atoms with Crippen molar-refractivity contribution < 1.29 is 4.74 Å². The molecule has 0 bridgehead atoms. The summed E-state index contributed by atoms with van der Waals surface area (Å²) in [6, 6.07) is 4.15. The van der Waals surface area contributed by atoms with E-state index in [0.29, 0.717) is 5.92 Å². The zero-order chi connectivity index (χ0) is 15.6. The first-order chi connectivity index (χ1) is 11.3. The number of anilines is 1. The highest BCUT2D eigenvalue weighted by Crippen LogP contribution is 2.33. The van der Waals surface area contributed by atoms with Gasteiger partial charge in [-0.3, -0.25) is 4.98 Å². The van der Waals surface area contributed by atoms with E-state index >= 15 is 0 Å². The number of pyridine rings is 1. The van der Waals surface area contributed by atoms with Crippen molar-refractivity contribution in [2.75, 3.05) is 18.5 Å². The van der Waals surface area contributed by atoms with E-state index in [1.54, 1.807) is 23.9 Å². The van der Waals surface area contributed by atoms with Gasteiger partial charge in [0.15, 0.2) is 5.82 Å². The van der Waals surface area contributed by atoms with Gasteiger partial charge in [-0.1, -0.05) is 17.4 Å². The van der Waals surface area contributed by atoms with E-state index < -0.39 is 0 Å². The molecule has 0 saturated carbocycles. The third-order valence-electron chi connectivity index (χ3n) is 4.07. The minimum absolute atomic E-state index is 0.103. The Morgan fingerprint density at radius 2 is 2.35 bits per heavy atom. The van der Waals surface area contributed by atoms with Crippen molar-refractivity contribution in [2.24, 2.45) is 5.92 Å². The minimum Gasteiger partial charge on any atom is -0.381 e. The summed E-state index contributed by atoms with van der Waals surface area (Å²) in [5.41, 5.74) is 1.98. The van der Waals surface area contributed by atoms with Crippen LogP contribution < -0.4 is 5.32 Å². The van der Waals surface area contributed by atoms with Crippen molar-refractivity contribution in [3.8, 4) is 0 Å². The first-order valence-corrected chi connectivity index (χ1v) is 8.45. The Balaban J connectivity index is 1.71. The smallest absolute Gasteiger partial charge is 0.157 e. The number of aromatic nitrogens is 4. The van der Waals surface area contributed by atoms with Crippen LogP contribution >= 0.6 is 11.3 Å². The molecule has 1 saturated heterocycles. The van der Waals surface area contributed by atoms with Crippen molar-refractivity contribution >= 4 is 27.5 Å². The molecule has 1 aliphatic heterocycles. The monoisotopic (exact) mass is 327 g/mol. The average molecular weight is 327 g/mol. The largest absolute Gasteiger partial charge is 0.381 e. The molecule has 0 radical (unpaired) electrons. The number of fused-ring (bicyclic) bond motifs is 1. The molecule has 6 nitrogen and oxygen atoms in total. The molecule has 0 aliphatic carbocycles. The topological polar surface area (TPSA) is 72.8 Å². The summed E-state index contributed by atoms with van der Waals surface area (Å²) in [6.45, 7) is 3.54. The Hall–Kier alpha value is -2.12. The van der Waals surface area contributed by atoms with Crippen molar-refractivity contribution in [3.05, 3.63) is 41.4 Å². The molecule has 1 N–H and O–H groups in total. The van der Waals surface area contributed by atoms with Gasteiger partial charge in [0.05, 0.1) is 17.7 Å². The molecule has 0 amide bonds. The second-order valence-corrected chi connectivity index (χ2v) is 6.82. The van der Waals surface area contributed by atoms with E-state index in [9.17, 15) is 0 Å². The standard InChI is InChI=1S/C16H17N5OS/c1-10-20-14-15(18-9-19-16(14)23-10)21-13(12-4-6-22-8-12)11-3-2-5-17-7-11/h2-3,5,7,9,12-13H,4,6,8H2,1H3,(H,18,19,21). The first-order valence-electron chi connectivity index (χ1n) is 7.63. The van der Waals surface area contributed by atoms with Gasteiger partial charge < -0.3 is 10.1 Å². The predicted octanol–water partition coefficient (Wildman–Crippen LogP) is 2.98. The van der Waals surface area contributed by atoms with Gasteiger partial charge >= 0.3 is 0 Å². The number of aryl methyl sites for hydroxylation is 1. The number of thiazole rings is 1. The van der Waals surface area contributed by atoms with E-state index in [2.05, 4.69) is 31.3 Å². The lowest BCUT2D eigenvalue weighted by Gasteiger charge is -2.24. The molecule has 4 heterocycles. The van der Waals surface area contributed by atoms with Gasteiger partial charge in [0.1, 0.15) is 16.7 Å². The van der Waals surface area contributed by atoms with Crippen LogP contribution in [-0.2, 0) is 4.74 Å². The van der Waals surface area contributed by atoms with Crippen molar-refractivity contribution in [1.82, 2.24) is 19.9 Å². The van der Waals surface area contributed by atoms with Crippen molar-refractivity contribution in [1.29, 1.82) is 0 Å². The Morgan fingerprint density at radius 1 is 1.39 bits per heavy atom. The van der Waals surface area contributed by atoms with E-state index in [1.807, 2.05) is 19.2 Å². The number of nitrogens with one attached hydrogen (secondary N) is 1. The van der Waals surface area contributed by atoms with Gasteiger partial charge in [0.2, 0.25) is 0 Å². The number of rotatable bonds is 4. The minimum atomic E-state index is 0.103. The normalized spacial score (nSPS) is 19.1. The molecule has 2 unspecified atom stereocenters. The lowest BCUT2D eigenvalue weighted by atomic mass is 9.93. The number of hydrogen-bond acceptors (Lipinski definition) is 7. The van der Waals surface area contributed by atoms with Crippen LogP contribution in [-0.4, -0.2) is 33.1 Å². The van der Waals surface area contributed by atoms with Crippen LogP contribution in [0.3, 0.4) is 0 Å². The fraction of sp³-hybridized carbons (Fsp3) is 0.375. The molecule has 1 fully saturated rings. The molecule has 7 heteroatoms. The second kappa shape index (κ2) is 6.17. The summed E-state index contributed by atoms with van der Waals surface area (Å²) in [7, 11) is 0. The molecule has 1 aliphatic rings. The second-order valence-electron chi connectivity index (χ2n) is 5.64. The molecule has 2 atom stereocenters. The van der Waals surface area contributed by atoms with E-state index in [1.165, 1.54) is 0 Å². The number of ether oxygens (including phenoxy) is 1. The highest BCUT2D eigenvalue weighted by atomic mass is 32.1. The third-order valence-corrected chi connectivity index (χ3v) is 4.95. The maximum absolute atomic E-state index is 5.58. The molecule has 3 aromatic heterocycles. The number of hydrogen-bond donors (Lipinski definition) is 1. The van der Waals surface area contributed by atoms with Gasteiger partial charge in [-0.15, -0.1) is 0 Å².